The van der Waals surface area contributed by atoms with Gasteiger partial charge in [0.25, 0.3) is 0 Å². The molecule has 0 saturated carbocycles. The summed E-state index contributed by atoms with van der Waals surface area (Å²) >= 11 is 0. The Balaban J connectivity index is 1.56. The zero-order valence-electron chi connectivity index (χ0n) is 18.7. The topological polar surface area (TPSA) is 70.7 Å². The lowest BCUT2D eigenvalue weighted by atomic mass is 10.00. The van der Waals surface area contributed by atoms with Crippen LogP contribution >= 0.6 is 0 Å². The van der Waals surface area contributed by atoms with E-state index in [1.807, 2.05) is 37.3 Å². The zero-order chi connectivity index (χ0) is 22.2. The standard InChI is InChI=1S/C25H33N3O3/c1-18-19(2)23(31-3)12-11-21(18)17-28-15-14-27-25(30)22(28)16-24(29)26-13-7-10-20-8-5-4-6-9-20/h4-6,8-9,11-12,22H,7,10,13-17H2,1-3H3,(H,26,29)(H,27,30)/t22-/m0/s1. The fourth-order valence-electron chi connectivity index (χ4n) is 4.05. The van der Waals surface area contributed by atoms with Crippen LogP contribution in [-0.4, -0.2) is 49.5 Å². The minimum absolute atomic E-state index is 0.0754. The molecule has 1 aliphatic rings. The van der Waals surface area contributed by atoms with Crippen LogP contribution in [-0.2, 0) is 22.6 Å². The summed E-state index contributed by atoms with van der Waals surface area (Å²) in [5.41, 5.74) is 4.68. The molecule has 0 aromatic heterocycles. The first-order valence-electron chi connectivity index (χ1n) is 10.9. The summed E-state index contributed by atoms with van der Waals surface area (Å²) < 4.78 is 5.41. The monoisotopic (exact) mass is 423 g/mol. The van der Waals surface area contributed by atoms with Crippen molar-refractivity contribution in [1.29, 1.82) is 0 Å². The van der Waals surface area contributed by atoms with Crippen LogP contribution < -0.4 is 15.4 Å². The number of methoxy groups -OCH3 is 1. The van der Waals surface area contributed by atoms with Crippen LogP contribution in [0, 0.1) is 13.8 Å². The molecule has 1 saturated heterocycles. The first kappa shape index (κ1) is 22.8. The summed E-state index contributed by atoms with van der Waals surface area (Å²) in [6, 6.07) is 13.8. The van der Waals surface area contributed by atoms with Gasteiger partial charge in [-0.2, -0.15) is 0 Å². The zero-order valence-corrected chi connectivity index (χ0v) is 18.7. The van der Waals surface area contributed by atoms with Crippen LogP contribution in [0.1, 0.15) is 35.1 Å². The maximum absolute atomic E-state index is 12.5. The number of hydrogen-bond donors (Lipinski definition) is 2. The van der Waals surface area contributed by atoms with Gasteiger partial charge < -0.3 is 15.4 Å². The number of benzene rings is 2. The number of amides is 2. The first-order valence-corrected chi connectivity index (χ1v) is 10.9. The van der Waals surface area contributed by atoms with E-state index in [4.69, 9.17) is 4.74 Å². The second-order valence-corrected chi connectivity index (χ2v) is 8.10. The fourth-order valence-corrected chi connectivity index (χ4v) is 4.05. The molecule has 0 unspecified atom stereocenters. The fraction of sp³-hybridized carbons (Fsp3) is 0.440. The molecule has 0 aliphatic carbocycles. The third-order valence-corrected chi connectivity index (χ3v) is 6.07. The van der Waals surface area contributed by atoms with Gasteiger partial charge in [0.05, 0.1) is 19.6 Å². The average molecular weight is 424 g/mol. The Morgan fingerprint density at radius 2 is 1.94 bits per heavy atom. The highest BCUT2D eigenvalue weighted by Crippen LogP contribution is 2.26. The van der Waals surface area contributed by atoms with Gasteiger partial charge in [-0.05, 0) is 55.0 Å². The molecule has 1 aliphatic heterocycles. The van der Waals surface area contributed by atoms with Gasteiger partial charge in [-0.3, -0.25) is 14.5 Å². The maximum atomic E-state index is 12.5. The Morgan fingerprint density at radius 3 is 2.68 bits per heavy atom. The largest absolute Gasteiger partial charge is 0.496 e. The molecule has 1 atom stereocenters. The highest BCUT2D eigenvalue weighted by Gasteiger charge is 2.31. The number of hydrogen-bond acceptors (Lipinski definition) is 4. The third kappa shape index (κ3) is 6.07. The van der Waals surface area contributed by atoms with Crippen molar-refractivity contribution < 1.29 is 14.3 Å². The molecule has 2 aromatic carbocycles. The van der Waals surface area contributed by atoms with E-state index >= 15 is 0 Å². The molecule has 166 valence electrons. The van der Waals surface area contributed by atoms with Crippen molar-refractivity contribution in [1.82, 2.24) is 15.5 Å². The summed E-state index contributed by atoms with van der Waals surface area (Å²) in [7, 11) is 1.67. The van der Waals surface area contributed by atoms with Gasteiger partial charge >= 0.3 is 0 Å². The molecule has 0 bridgehead atoms. The van der Waals surface area contributed by atoms with Crippen LogP contribution in [0.5, 0.6) is 5.75 Å². The lowest BCUT2D eigenvalue weighted by molar-refractivity contribution is -0.134. The Hall–Kier alpha value is -2.86. The van der Waals surface area contributed by atoms with E-state index in [0.29, 0.717) is 19.6 Å². The van der Waals surface area contributed by atoms with E-state index in [0.717, 1.165) is 41.8 Å². The summed E-state index contributed by atoms with van der Waals surface area (Å²) in [4.78, 5) is 27.2. The van der Waals surface area contributed by atoms with E-state index in [9.17, 15) is 9.59 Å². The summed E-state index contributed by atoms with van der Waals surface area (Å²) in [5, 5.41) is 5.88. The van der Waals surface area contributed by atoms with Crippen molar-refractivity contribution >= 4 is 11.8 Å². The number of aryl methyl sites for hydroxylation is 1. The number of ether oxygens (including phenoxy) is 1. The van der Waals surface area contributed by atoms with Crippen LogP contribution in [0.2, 0.25) is 0 Å². The molecule has 1 fully saturated rings. The highest BCUT2D eigenvalue weighted by atomic mass is 16.5. The molecule has 0 spiro atoms. The SMILES string of the molecule is COc1ccc(CN2CCNC(=O)[C@@H]2CC(=O)NCCCc2ccccc2)c(C)c1C. The third-order valence-electron chi connectivity index (χ3n) is 6.07. The Labute approximate surface area is 185 Å². The van der Waals surface area contributed by atoms with Crippen molar-refractivity contribution in [2.24, 2.45) is 0 Å². The molecule has 3 rings (SSSR count). The van der Waals surface area contributed by atoms with Crippen LogP contribution in [0.4, 0.5) is 0 Å². The summed E-state index contributed by atoms with van der Waals surface area (Å²) in [6.45, 7) is 6.69. The second-order valence-electron chi connectivity index (χ2n) is 8.10. The van der Waals surface area contributed by atoms with Crippen LogP contribution in [0.15, 0.2) is 42.5 Å². The lowest BCUT2D eigenvalue weighted by Crippen LogP contribution is -2.56. The highest BCUT2D eigenvalue weighted by molar-refractivity contribution is 5.88. The number of nitrogens with zero attached hydrogens (tertiary/aromatic N) is 1. The molecule has 6 nitrogen and oxygen atoms in total. The minimum atomic E-state index is -0.454. The van der Waals surface area contributed by atoms with Crippen molar-refractivity contribution in [2.75, 3.05) is 26.7 Å². The van der Waals surface area contributed by atoms with Crippen molar-refractivity contribution in [3.05, 3.63) is 64.7 Å². The Bertz CT molecular complexity index is 898. The van der Waals surface area contributed by atoms with E-state index in [2.05, 4.69) is 34.6 Å². The molecule has 1 heterocycles. The smallest absolute Gasteiger partial charge is 0.237 e. The van der Waals surface area contributed by atoms with E-state index < -0.39 is 6.04 Å². The molecular formula is C25H33N3O3. The van der Waals surface area contributed by atoms with Crippen molar-refractivity contribution in [3.8, 4) is 5.75 Å². The van der Waals surface area contributed by atoms with Gasteiger partial charge in [-0.1, -0.05) is 36.4 Å². The average Bonchev–Trinajstić information content (AvgIpc) is 2.77. The van der Waals surface area contributed by atoms with Gasteiger partial charge in [-0.25, -0.2) is 0 Å². The van der Waals surface area contributed by atoms with Gasteiger partial charge in [0.1, 0.15) is 5.75 Å². The quantitative estimate of drug-likeness (QED) is 0.609. The summed E-state index contributed by atoms with van der Waals surface area (Å²) in [5.74, 6) is 0.709. The normalized spacial score (nSPS) is 16.6. The number of nitrogens with one attached hydrogen (secondary N) is 2. The lowest BCUT2D eigenvalue weighted by Gasteiger charge is -2.35. The van der Waals surface area contributed by atoms with Gasteiger partial charge in [0.15, 0.2) is 0 Å². The molecule has 2 aromatic rings. The Kier molecular flexibility index (Phi) is 8.06. The second kappa shape index (κ2) is 11.0. The Morgan fingerprint density at radius 1 is 1.16 bits per heavy atom. The molecule has 2 N–H and O–H groups in total. The molecule has 0 radical (unpaired) electrons. The van der Waals surface area contributed by atoms with Crippen LogP contribution in [0.3, 0.4) is 0 Å². The molecule has 2 amide bonds. The number of carbonyl (C=O) groups is 2. The summed E-state index contributed by atoms with van der Waals surface area (Å²) in [6.07, 6.45) is 1.97. The predicted octanol–water partition coefficient (Wildman–Crippen LogP) is 2.75. The van der Waals surface area contributed by atoms with E-state index in [1.165, 1.54) is 5.56 Å². The van der Waals surface area contributed by atoms with Crippen LogP contribution in [0.25, 0.3) is 0 Å². The number of rotatable bonds is 9. The van der Waals surface area contributed by atoms with Crippen molar-refractivity contribution in [3.63, 3.8) is 0 Å². The van der Waals surface area contributed by atoms with Gasteiger partial charge in [-0.15, -0.1) is 0 Å². The molecule has 6 heteroatoms. The first-order chi connectivity index (χ1) is 15.0. The maximum Gasteiger partial charge on any atom is 0.237 e. The molecular weight excluding hydrogens is 390 g/mol. The van der Waals surface area contributed by atoms with Crippen molar-refractivity contribution in [2.45, 2.75) is 45.7 Å². The van der Waals surface area contributed by atoms with Gasteiger partial charge in [0.2, 0.25) is 11.8 Å². The van der Waals surface area contributed by atoms with Gasteiger partial charge in [0, 0.05) is 26.2 Å². The van der Waals surface area contributed by atoms with E-state index in [1.54, 1.807) is 7.11 Å². The predicted molar refractivity (Wildman–Crippen MR) is 122 cm³/mol. The van der Waals surface area contributed by atoms with E-state index in [-0.39, 0.29) is 18.2 Å². The molecule has 31 heavy (non-hydrogen) atoms. The number of piperazine rings is 1. The number of carbonyl (C=O) groups excluding carboxylic acids is 2. The minimum Gasteiger partial charge on any atom is -0.496 e.